The third-order valence-electron chi connectivity index (χ3n) is 4.68. The molecule has 0 saturated carbocycles. The molecule has 0 bridgehead atoms. The molecule has 0 aromatic heterocycles. The van der Waals surface area contributed by atoms with Crippen LogP contribution in [-0.2, 0) is 17.5 Å². The molecule has 9 heteroatoms. The predicted octanol–water partition coefficient (Wildman–Crippen LogP) is 5.78. The molecule has 0 fully saturated rings. The topological polar surface area (TPSA) is 76.7 Å². The molecule has 3 rings (SSSR count). The maximum Gasteiger partial charge on any atom is 0.416 e. The number of alkyl halides is 3. The second-order valence-electron chi connectivity index (χ2n) is 7.28. The number of anilines is 1. The van der Waals surface area contributed by atoms with Gasteiger partial charge < -0.3 is 20.1 Å². The van der Waals surface area contributed by atoms with Crippen LogP contribution in [0.1, 0.15) is 35.3 Å². The lowest BCUT2D eigenvalue weighted by atomic mass is 10.1. The first-order valence-electron chi connectivity index (χ1n) is 10.4. The van der Waals surface area contributed by atoms with Gasteiger partial charge in [0.05, 0.1) is 17.9 Å². The summed E-state index contributed by atoms with van der Waals surface area (Å²) in [6.45, 7) is 4.02. The zero-order valence-electron chi connectivity index (χ0n) is 18.5. The van der Waals surface area contributed by atoms with E-state index in [1.165, 1.54) is 19.1 Å². The summed E-state index contributed by atoms with van der Waals surface area (Å²) in [6, 6.07) is 15.8. The van der Waals surface area contributed by atoms with Crippen molar-refractivity contribution in [3.63, 3.8) is 0 Å². The van der Waals surface area contributed by atoms with Gasteiger partial charge >= 0.3 is 6.18 Å². The van der Waals surface area contributed by atoms with Crippen LogP contribution in [0.15, 0.2) is 66.7 Å². The lowest BCUT2D eigenvalue weighted by Gasteiger charge is -2.16. The van der Waals surface area contributed by atoms with E-state index < -0.39 is 17.6 Å². The SMILES string of the molecule is CCOc1ccc(Oc2ccc(C(F)(F)F)cc2NC(=O)c2ccc(CNC(C)=O)cc2)cc1. The summed E-state index contributed by atoms with van der Waals surface area (Å²) < 4.78 is 51.0. The highest BCUT2D eigenvalue weighted by atomic mass is 19.4. The minimum absolute atomic E-state index is 0.0489. The van der Waals surface area contributed by atoms with Gasteiger partial charge in [0.1, 0.15) is 11.5 Å². The van der Waals surface area contributed by atoms with Crippen molar-refractivity contribution in [2.24, 2.45) is 0 Å². The van der Waals surface area contributed by atoms with Crippen LogP contribution in [0.2, 0.25) is 0 Å². The first kappa shape index (κ1) is 24.6. The molecular formula is C25H23F3N2O4. The van der Waals surface area contributed by atoms with Crippen molar-refractivity contribution in [3.8, 4) is 17.2 Å². The molecule has 0 aliphatic carbocycles. The molecule has 0 aliphatic heterocycles. The predicted molar refractivity (Wildman–Crippen MR) is 121 cm³/mol. The minimum atomic E-state index is -4.59. The smallest absolute Gasteiger partial charge is 0.416 e. The number of amides is 2. The molecule has 34 heavy (non-hydrogen) atoms. The Hall–Kier alpha value is -4.01. The molecule has 0 radical (unpaired) electrons. The second kappa shape index (κ2) is 10.7. The van der Waals surface area contributed by atoms with Crippen LogP contribution in [0.3, 0.4) is 0 Å². The fraction of sp³-hybridized carbons (Fsp3) is 0.200. The van der Waals surface area contributed by atoms with Crippen molar-refractivity contribution in [1.82, 2.24) is 5.32 Å². The molecule has 3 aromatic rings. The quantitative estimate of drug-likeness (QED) is 0.436. The lowest BCUT2D eigenvalue weighted by Crippen LogP contribution is -2.19. The molecule has 0 aliphatic rings. The Balaban J connectivity index is 1.83. The number of nitrogens with one attached hydrogen (secondary N) is 2. The summed E-state index contributed by atoms with van der Waals surface area (Å²) >= 11 is 0. The number of carbonyl (C=O) groups is 2. The van der Waals surface area contributed by atoms with Gasteiger partial charge in [0.2, 0.25) is 5.91 Å². The van der Waals surface area contributed by atoms with Gasteiger partial charge in [-0.2, -0.15) is 13.2 Å². The molecule has 0 unspecified atom stereocenters. The maximum absolute atomic E-state index is 13.3. The molecule has 0 heterocycles. The lowest BCUT2D eigenvalue weighted by molar-refractivity contribution is -0.137. The van der Waals surface area contributed by atoms with E-state index in [1.54, 1.807) is 36.4 Å². The number of benzene rings is 3. The molecule has 2 N–H and O–H groups in total. The fourth-order valence-corrected chi connectivity index (χ4v) is 2.99. The summed E-state index contributed by atoms with van der Waals surface area (Å²) in [5, 5.41) is 5.14. The van der Waals surface area contributed by atoms with Gasteiger partial charge in [-0.1, -0.05) is 12.1 Å². The Kier molecular flexibility index (Phi) is 7.78. The molecule has 0 saturated heterocycles. The van der Waals surface area contributed by atoms with Crippen molar-refractivity contribution in [1.29, 1.82) is 0 Å². The normalized spacial score (nSPS) is 11.0. The van der Waals surface area contributed by atoms with Gasteiger partial charge in [0.15, 0.2) is 5.75 Å². The van der Waals surface area contributed by atoms with Gasteiger partial charge in [0, 0.05) is 19.0 Å². The number of hydrogen-bond donors (Lipinski definition) is 2. The highest BCUT2D eigenvalue weighted by molar-refractivity contribution is 6.05. The van der Waals surface area contributed by atoms with Crippen molar-refractivity contribution in [2.75, 3.05) is 11.9 Å². The Morgan fingerprint density at radius 1 is 0.912 bits per heavy atom. The monoisotopic (exact) mass is 472 g/mol. The van der Waals surface area contributed by atoms with Crippen molar-refractivity contribution >= 4 is 17.5 Å². The summed E-state index contributed by atoms with van der Waals surface area (Å²) in [5.74, 6) is 0.236. The molecule has 2 amide bonds. The molecule has 6 nitrogen and oxygen atoms in total. The van der Waals surface area contributed by atoms with Crippen molar-refractivity contribution in [2.45, 2.75) is 26.6 Å². The van der Waals surface area contributed by atoms with Crippen LogP contribution in [0, 0.1) is 0 Å². The maximum atomic E-state index is 13.3. The summed E-state index contributed by atoms with van der Waals surface area (Å²) in [4.78, 5) is 23.8. The largest absolute Gasteiger partial charge is 0.494 e. The van der Waals surface area contributed by atoms with Crippen LogP contribution in [0.5, 0.6) is 17.2 Å². The summed E-state index contributed by atoms with van der Waals surface area (Å²) in [7, 11) is 0. The first-order chi connectivity index (χ1) is 16.2. The Labute approximate surface area is 194 Å². The van der Waals surface area contributed by atoms with Gasteiger partial charge in [0.25, 0.3) is 5.91 Å². The van der Waals surface area contributed by atoms with Crippen LogP contribution in [-0.4, -0.2) is 18.4 Å². The van der Waals surface area contributed by atoms with E-state index in [0.717, 1.165) is 23.8 Å². The Morgan fingerprint density at radius 2 is 1.56 bits per heavy atom. The average Bonchev–Trinajstić information content (AvgIpc) is 2.80. The molecule has 178 valence electrons. The van der Waals surface area contributed by atoms with Gasteiger partial charge in [-0.15, -0.1) is 0 Å². The van der Waals surface area contributed by atoms with Crippen LogP contribution in [0.25, 0.3) is 0 Å². The van der Waals surface area contributed by atoms with Gasteiger partial charge in [-0.05, 0) is 67.1 Å². The average molecular weight is 472 g/mol. The van der Waals surface area contributed by atoms with E-state index in [-0.39, 0.29) is 22.9 Å². The summed E-state index contributed by atoms with van der Waals surface area (Å²) in [5.41, 5.74) is -0.0510. The number of carbonyl (C=O) groups excluding carboxylic acids is 2. The van der Waals surface area contributed by atoms with Crippen LogP contribution < -0.4 is 20.1 Å². The number of halogens is 3. The summed E-state index contributed by atoms with van der Waals surface area (Å²) in [6.07, 6.45) is -4.59. The van der Waals surface area contributed by atoms with Crippen LogP contribution in [0.4, 0.5) is 18.9 Å². The third kappa shape index (κ3) is 6.74. The molecular weight excluding hydrogens is 449 g/mol. The first-order valence-corrected chi connectivity index (χ1v) is 10.4. The molecule has 3 aromatic carbocycles. The Bertz CT molecular complexity index is 1140. The molecule has 0 spiro atoms. The molecule has 0 atom stereocenters. The standard InChI is InChI=1S/C25H23F3N2O4/c1-3-33-20-9-11-21(12-10-20)34-23-13-8-19(25(26,27)28)14-22(23)30-24(32)18-6-4-17(5-7-18)15-29-16(2)31/h4-14H,3,15H2,1-2H3,(H,29,31)(H,30,32). The van der Waals surface area contributed by atoms with Crippen molar-refractivity contribution in [3.05, 3.63) is 83.4 Å². The van der Waals surface area contributed by atoms with Gasteiger partial charge in [-0.25, -0.2) is 0 Å². The zero-order chi connectivity index (χ0) is 24.7. The van der Waals surface area contributed by atoms with Gasteiger partial charge in [-0.3, -0.25) is 9.59 Å². The zero-order valence-corrected chi connectivity index (χ0v) is 18.5. The van der Waals surface area contributed by atoms with E-state index in [4.69, 9.17) is 9.47 Å². The van der Waals surface area contributed by atoms with E-state index in [2.05, 4.69) is 10.6 Å². The highest BCUT2D eigenvalue weighted by Gasteiger charge is 2.31. The third-order valence-corrected chi connectivity index (χ3v) is 4.68. The van der Waals surface area contributed by atoms with E-state index in [0.29, 0.717) is 24.7 Å². The Morgan fingerprint density at radius 3 is 2.15 bits per heavy atom. The number of hydrogen-bond acceptors (Lipinski definition) is 4. The van der Waals surface area contributed by atoms with Crippen LogP contribution >= 0.6 is 0 Å². The fourth-order valence-electron chi connectivity index (χ4n) is 2.99. The van der Waals surface area contributed by atoms with E-state index in [1.807, 2.05) is 6.92 Å². The second-order valence-corrected chi connectivity index (χ2v) is 7.28. The number of rotatable bonds is 8. The highest BCUT2D eigenvalue weighted by Crippen LogP contribution is 2.37. The minimum Gasteiger partial charge on any atom is -0.494 e. The van der Waals surface area contributed by atoms with E-state index in [9.17, 15) is 22.8 Å². The number of ether oxygens (including phenoxy) is 2. The van der Waals surface area contributed by atoms with Crippen molar-refractivity contribution < 1.29 is 32.2 Å². The van der Waals surface area contributed by atoms with E-state index >= 15 is 0 Å².